The standard InChI is InChI=1S/C11H11NO4S/c1-15-9-5-3-8-4-6-11(12-10(8)7-9)16-17(2,13)14/h3-7H,1-2H3. The molecule has 2 aromatic rings. The minimum atomic E-state index is -3.56. The Morgan fingerprint density at radius 1 is 1.18 bits per heavy atom. The van der Waals surface area contributed by atoms with Gasteiger partial charge in [-0.25, -0.2) is 4.98 Å². The van der Waals surface area contributed by atoms with E-state index in [0.717, 1.165) is 11.6 Å². The lowest BCUT2D eigenvalue weighted by molar-refractivity contribution is 0.415. The van der Waals surface area contributed by atoms with Crippen LogP contribution in [0.2, 0.25) is 0 Å². The number of hydrogen-bond acceptors (Lipinski definition) is 5. The highest BCUT2D eigenvalue weighted by Gasteiger charge is 2.06. The van der Waals surface area contributed by atoms with E-state index in [2.05, 4.69) is 4.98 Å². The third-order valence-corrected chi connectivity index (χ3v) is 2.58. The molecule has 0 saturated carbocycles. The zero-order chi connectivity index (χ0) is 12.5. The molecule has 1 aromatic heterocycles. The minimum Gasteiger partial charge on any atom is -0.497 e. The monoisotopic (exact) mass is 253 g/mol. The fourth-order valence-electron chi connectivity index (χ4n) is 1.41. The first-order valence-electron chi connectivity index (χ1n) is 4.82. The van der Waals surface area contributed by atoms with E-state index in [1.54, 1.807) is 25.3 Å². The van der Waals surface area contributed by atoms with Crippen LogP contribution in [0.1, 0.15) is 0 Å². The van der Waals surface area contributed by atoms with Gasteiger partial charge in [-0.1, -0.05) is 0 Å². The van der Waals surface area contributed by atoms with Crippen molar-refractivity contribution in [3.63, 3.8) is 0 Å². The van der Waals surface area contributed by atoms with Crippen molar-refractivity contribution < 1.29 is 17.3 Å². The van der Waals surface area contributed by atoms with E-state index >= 15 is 0 Å². The molecular weight excluding hydrogens is 242 g/mol. The highest BCUT2D eigenvalue weighted by Crippen LogP contribution is 2.22. The van der Waals surface area contributed by atoms with Crippen LogP contribution in [0.25, 0.3) is 10.9 Å². The summed E-state index contributed by atoms with van der Waals surface area (Å²) >= 11 is 0. The Kier molecular flexibility index (Phi) is 2.89. The predicted molar refractivity (Wildman–Crippen MR) is 63.8 cm³/mol. The SMILES string of the molecule is COc1ccc2ccc(OS(C)(=O)=O)nc2c1. The Morgan fingerprint density at radius 3 is 2.53 bits per heavy atom. The van der Waals surface area contributed by atoms with Gasteiger partial charge in [0.1, 0.15) is 5.75 Å². The zero-order valence-corrected chi connectivity index (χ0v) is 10.2. The number of nitrogens with zero attached hydrogens (tertiary/aromatic N) is 1. The Bertz CT molecular complexity index is 652. The van der Waals surface area contributed by atoms with Crippen LogP contribution in [0.15, 0.2) is 30.3 Å². The summed E-state index contributed by atoms with van der Waals surface area (Å²) in [6, 6.07) is 8.61. The second-order valence-corrected chi connectivity index (χ2v) is 5.07. The van der Waals surface area contributed by atoms with Crippen LogP contribution in [0, 0.1) is 0 Å². The molecule has 0 aliphatic rings. The highest BCUT2D eigenvalue weighted by atomic mass is 32.2. The van der Waals surface area contributed by atoms with E-state index in [-0.39, 0.29) is 5.88 Å². The van der Waals surface area contributed by atoms with Crippen molar-refractivity contribution in [3.05, 3.63) is 30.3 Å². The van der Waals surface area contributed by atoms with Gasteiger partial charge < -0.3 is 8.92 Å². The van der Waals surface area contributed by atoms with E-state index in [1.807, 2.05) is 6.07 Å². The Hall–Kier alpha value is -1.82. The van der Waals surface area contributed by atoms with Gasteiger partial charge in [0.2, 0.25) is 5.88 Å². The maximum atomic E-state index is 11.0. The normalized spacial score (nSPS) is 11.4. The van der Waals surface area contributed by atoms with Crippen molar-refractivity contribution in [2.75, 3.05) is 13.4 Å². The van der Waals surface area contributed by atoms with Gasteiger partial charge in [0.05, 0.1) is 18.9 Å². The number of rotatable bonds is 3. The minimum absolute atomic E-state index is 0.0493. The van der Waals surface area contributed by atoms with E-state index in [0.29, 0.717) is 11.3 Å². The van der Waals surface area contributed by atoms with Gasteiger partial charge in [0.25, 0.3) is 0 Å². The molecule has 0 bridgehead atoms. The molecule has 0 radical (unpaired) electrons. The molecule has 2 rings (SSSR count). The fraction of sp³-hybridized carbons (Fsp3) is 0.182. The number of fused-ring (bicyclic) bond motifs is 1. The molecule has 0 aliphatic heterocycles. The first kappa shape index (κ1) is 11.7. The predicted octanol–water partition coefficient (Wildman–Crippen LogP) is 1.58. The Balaban J connectivity index is 2.48. The molecular formula is C11H11NO4S. The van der Waals surface area contributed by atoms with Gasteiger partial charge in [0, 0.05) is 17.5 Å². The molecule has 0 aliphatic carbocycles. The van der Waals surface area contributed by atoms with Crippen LogP contribution in [0.4, 0.5) is 0 Å². The average Bonchev–Trinajstić information content (AvgIpc) is 2.26. The van der Waals surface area contributed by atoms with Gasteiger partial charge in [0.15, 0.2) is 0 Å². The molecule has 1 heterocycles. The van der Waals surface area contributed by atoms with E-state index < -0.39 is 10.1 Å². The number of pyridine rings is 1. The van der Waals surface area contributed by atoms with Crippen molar-refractivity contribution >= 4 is 21.0 Å². The summed E-state index contributed by atoms with van der Waals surface area (Å²) in [5, 5.41) is 0.881. The number of methoxy groups -OCH3 is 1. The molecule has 5 nitrogen and oxygen atoms in total. The second-order valence-electron chi connectivity index (χ2n) is 3.50. The van der Waals surface area contributed by atoms with Crippen molar-refractivity contribution in [2.24, 2.45) is 0 Å². The number of aromatic nitrogens is 1. The Morgan fingerprint density at radius 2 is 1.88 bits per heavy atom. The first-order valence-corrected chi connectivity index (χ1v) is 6.64. The fourth-order valence-corrected chi connectivity index (χ4v) is 1.81. The van der Waals surface area contributed by atoms with Crippen LogP contribution in [-0.2, 0) is 10.1 Å². The first-order chi connectivity index (χ1) is 7.98. The summed E-state index contributed by atoms with van der Waals surface area (Å²) in [6.45, 7) is 0. The topological polar surface area (TPSA) is 65.5 Å². The Labute approximate surface area is 99.1 Å². The molecule has 1 aromatic carbocycles. The molecule has 0 amide bonds. The maximum absolute atomic E-state index is 11.0. The zero-order valence-electron chi connectivity index (χ0n) is 9.38. The van der Waals surface area contributed by atoms with E-state index in [4.69, 9.17) is 8.92 Å². The lowest BCUT2D eigenvalue weighted by Gasteiger charge is -2.04. The largest absolute Gasteiger partial charge is 0.497 e. The van der Waals surface area contributed by atoms with Crippen molar-refractivity contribution in [2.45, 2.75) is 0 Å². The van der Waals surface area contributed by atoms with Gasteiger partial charge in [-0.3, -0.25) is 0 Å². The van der Waals surface area contributed by atoms with Gasteiger partial charge in [-0.2, -0.15) is 8.42 Å². The molecule has 6 heteroatoms. The quantitative estimate of drug-likeness (QED) is 0.777. The van der Waals surface area contributed by atoms with Gasteiger partial charge >= 0.3 is 10.1 Å². The second kappa shape index (κ2) is 4.21. The number of ether oxygens (including phenoxy) is 1. The van der Waals surface area contributed by atoms with Crippen LogP contribution >= 0.6 is 0 Å². The van der Waals surface area contributed by atoms with E-state index in [1.165, 1.54) is 6.07 Å². The molecule has 0 fully saturated rings. The van der Waals surface area contributed by atoms with Crippen molar-refractivity contribution in [1.82, 2.24) is 4.98 Å². The molecule has 0 spiro atoms. The molecule has 0 N–H and O–H groups in total. The van der Waals surface area contributed by atoms with Gasteiger partial charge in [-0.05, 0) is 18.2 Å². The van der Waals surface area contributed by atoms with Crippen molar-refractivity contribution in [1.29, 1.82) is 0 Å². The highest BCUT2D eigenvalue weighted by molar-refractivity contribution is 7.86. The van der Waals surface area contributed by atoms with Crippen LogP contribution in [0.5, 0.6) is 11.6 Å². The molecule has 90 valence electrons. The number of benzene rings is 1. The lowest BCUT2D eigenvalue weighted by atomic mass is 10.2. The third kappa shape index (κ3) is 2.85. The van der Waals surface area contributed by atoms with Crippen molar-refractivity contribution in [3.8, 4) is 11.6 Å². The van der Waals surface area contributed by atoms with E-state index in [9.17, 15) is 8.42 Å². The summed E-state index contributed by atoms with van der Waals surface area (Å²) < 4.78 is 31.7. The summed E-state index contributed by atoms with van der Waals surface area (Å²) in [7, 11) is -2.00. The molecule has 17 heavy (non-hydrogen) atoms. The molecule has 0 unspecified atom stereocenters. The third-order valence-electron chi connectivity index (χ3n) is 2.11. The maximum Gasteiger partial charge on any atom is 0.307 e. The molecule has 0 saturated heterocycles. The van der Waals surface area contributed by atoms with Gasteiger partial charge in [-0.15, -0.1) is 0 Å². The summed E-state index contributed by atoms with van der Waals surface area (Å²) in [6.07, 6.45) is 0.977. The summed E-state index contributed by atoms with van der Waals surface area (Å²) in [5.74, 6) is 0.703. The smallest absolute Gasteiger partial charge is 0.307 e. The van der Waals surface area contributed by atoms with Crippen LogP contribution in [-0.4, -0.2) is 26.8 Å². The summed E-state index contributed by atoms with van der Waals surface area (Å²) in [5.41, 5.74) is 0.616. The van der Waals surface area contributed by atoms with Crippen LogP contribution in [0.3, 0.4) is 0 Å². The number of hydrogen-bond donors (Lipinski definition) is 0. The lowest BCUT2D eigenvalue weighted by Crippen LogP contribution is -2.06. The molecule has 0 atom stereocenters. The average molecular weight is 253 g/mol. The van der Waals surface area contributed by atoms with Crippen LogP contribution < -0.4 is 8.92 Å². The summed E-state index contributed by atoms with van der Waals surface area (Å²) in [4.78, 5) is 4.09.